The minimum absolute atomic E-state index is 0.727. The lowest BCUT2D eigenvalue weighted by molar-refractivity contribution is 1.12. The summed E-state index contributed by atoms with van der Waals surface area (Å²) in [5.74, 6) is 0. The Morgan fingerprint density at radius 2 is 2.31 bits per heavy atom. The van der Waals surface area contributed by atoms with Gasteiger partial charge in [-0.05, 0) is 25.1 Å². The molecule has 5 heteroatoms. The van der Waals surface area contributed by atoms with Crippen LogP contribution in [0.3, 0.4) is 0 Å². The Hall–Kier alpha value is -0.580. The Bertz CT molecular complexity index is 498. The van der Waals surface area contributed by atoms with Crippen LogP contribution >= 0.6 is 38.9 Å². The minimum atomic E-state index is 0.727. The van der Waals surface area contributed by atoms with E-state index in [9.17, 15) is 0 Å². The van der Waals surface area contributed by atoms with Gasteiger partial charge >= 0.3 is 0 Å². The Balaban J connectivity index is 2.10. The van der Waals surface area contributed by atoms with Crippen LogP contribution in [0.2, 0.25) is 5.02 Å². The molecule has 0 amide bonds. The lowest BCUT2D eigenvalue weighted by Crippen LogP contribution is -1.99. The Kier molecular flexibility index (Phi) is 3.84. The van der Waals surface area contributed by atoms with Gasteiger partial charge in [-0.3, -0.25) is 0 Å². The summed E-state index contributed by atoms with van der Waals surface area (Å²) < 4.78 is 1.01. The van der Waals surface area contributed by atoms with E-state index in [-0.39, 0.29) is 0 Å². The van der Waals surface area contributed by atoms with Crippen LogP contribution in [0.5, 0.6) is 0 Å². The number of nitrogens with zero attached hydrogens (tertiary/aromatic N) is 1. The number of aromatic nitrogens is 1. The van der Waals surface area contributed by atoms with Gasteiger partial charge in [0.15, 0.2) is 0 Å². The van der Waals surface area contributed by atoms with E-state index in [2.05, 4.69) is 26.2 Å². The molecule has 0 unspecified atom stereocenters. The molecule has 0 radical (unpaired) electrons. The molecule has 0 spiro atoms. The van der Waals surface area contributed by atoms with E-state index in [4.69, 9.17) is 11.6 Å². The van der Waals surface area contributed by atoms with Gasteiger partial charge in [-0.15, -0.1) is 11.3 Å². The molecule has 1 aromatic carbocycles. The van der Waals surface area contributed by atoms with Crippen molar-refractivity contribution in [3.05, 3.63) is 43.8 Å². The third-order valence-corrected chi connectivity index (χ3v) is 3.97. The maximum atomic E-state index is 6.08. The van der Waals surface area contributed by atoms with Gasteiger partial charge in [-0.2, -0.15) is 0 Å². The van der Waals surface area contributed by atoms with Crippen LogP contribution in [0.25, 0.3) is 0 Å². The Morgan fingerprint density at radius 3 is 3.00 bits per heavy atom. The zero-order valence-corrected chi connectivity index (χ0v) is 11.8. The molecule has 0 aliphatic rings. The van der Waals surface area contributed by atoms with Crippen molar-refractivity contribution in [1.82, 2.24) is 4.98 Å². The summed E-state index contributed by atoms with van der Waals surface area (Å²) in [4.78, 5) is 5.44. The number of hydrogen-bond acceptors (Lipinski definition) is 3. The third-order valence-electron chi connectivity index (χ3n) is 2.21. The molecule has 0 saturated carbocycles. The standard InChI is InChI=1S/C11H10BrClN2S/c1-7-11(16-6-15-7)5-14-10-4-8(12)2-3-9(10)13/h2-4,6,14H,5H2,1H3. The van der Waals surface area contributed by atoms with Crippen molar-refractivity contribution < 1.29 is 0 Å². The lowest BCUT2D eigenvalue weighted by Gasteiger charge is -2.07. The molecule has 0 aliphatic carbocycles. The average molecular weight is 318 g/mol. The van der Waals surface area contributed by atoms with Gasteiger partial charge in [0.1, 0.15) is 0 Å². The summed E-state index contributed by atoms with van der Waals surface area (Å²) in [6, 6.07) is 5.76. The number of halogens is 2. The second kappa shape index (κ2) is 5.17. The zero-order valence-electron chi connectivity index (χ0n) is 8.63. The highest BCUT2D eigenvalue weighted by Crippen LogP contribution is 2.26. The number of nitrogens with one attached hydrogen (secondary N) is 1. The van der Waals surface area contributed by atoms with Crippen LogP contribution in [0, 0.1) is 6.92 Å². The second-order valence-corrected chi connectivity index (χ2v) is 5.60. The number of benzene rings is 1. The van der Waals surface area contributed by atoms with Crippen molar-refractivity contribution in [3.63, 3.8) is 0 Å². The molecule has 2 rings (SSSR count). The summed E-state index contributed by atoms with van der Waals surface area (Å²) in [7, 11) is 0. The molecule has 2 nitrogen and oxygen atoms in total. The fourth-order valence-electron chi connectivity index (χ4n) is 1.30. The van der Waals surface area contributed by atoms with Crippen LogP contribution in [0.15, 0.2) is 28.2 Å². The molecular formula is C11H10BrClN2S. The van der Waals surface area contributed by atoms with Gasteiger partial charge in [0.05, 0.1) is 28.5 Å². The van der Waals surface area contributed by atoms with Gasteiger partial charge in [-0.1, -0.05) is 27.5 Å². The molecule has 2 aromatic rings. The molecule has 1 heterocycles. The minimum Gasteiger partial charge on any atom is -0.379 e. The molecular weight excluding hydrogens is 308 g/mol. The van der Waals surface area contributed by atoms with E-state index < -0.39 is 0 Å². The molecule has 0 fully saturated rings. The number of rotatable bonds is 3. The van der Waals surface area contributed by atoms with E-state index in [0.29, 0.717) is 0 Å². The first kappa shape index (κ1) is 11.9. The fourth-order valence-corrected chi connectivity index (χ4v) is 2.57. The average Bonchev–Trinajstić information content (AvgIpc) is 2.66. The second-order valence-electron chi connectivity index (χ2n) is 3.34. The third kappa shape index (κ3) is 2.75. The first-order valence-corrected chi connectivity index (χ1v) is 6.80. The van der Waals surface area contributed by atoms with E-state index in [1.807, 2.05) is 30.6 Å². The fraction of sp³-hybridized carbons (Fsp3) is 0.182. The first-order valence-electron chi connectivity index (χ1n) is 4.74. The summed E-state index contributed by atoms with van der Waals surface area (Å²) in [6.07, 6.45) is 0. The number of aryl methyl sites for hydroxylation is 1. The molecule has 84 valence electrons. The smallest absolute Gasteiger partial charge is 0.0798 e. The van der Waals surface area contributed by atoms with Crippen molar-refractivity contribution in [2.75, 3.05) is 5.32 Å². The predicted molar refractivity (Wildman–Crippen MR) is 73.3 cm³/mol. The van der Waals surface area contributed by atoms with E-state index in [1.54, 1.807) is 11.3 Å². The highest BCUT2D eigenvalue weighted by atomic mass is 79.9. The van der Waals surface area contributed by atoms with E-state index in [1.165, 1.54) is 4.88 Å². The van der Waals surface area contributed by atoms with Crippen molar-refractivity contribution in [2.24, 2.45) is 0 Å². The van der Waals surface area contributed by atoms with Crippen LogP contribution < -0.4 is 5.32 Å². The summed E-state index contributed by atoms with van der Waals surface area (Å²) in [5, 5.41) is 4.03. The highest BCUT2D eigenvalue weighted by molar-refractivity contribution is 9.10. The normalized spacial score (nSPS) is 10.4. The monoisotopic (exact) mass is 316 g/mol. The van der Waals surface area contributed by atoms with Gasteiger partial charge in [0, 0.05) is 9.35 Å². The largest absolute Gasteiger partial charge is 0.379 e. The van der Waals surface area contributed by atoms with Crippen molar-refractivity contribution in [3.8, 4) is 0 Å². The first-order chi connectivity index (χ1) is 7.66. The Labute approximate surface area is 112 Å². The van der Waals surface area contributed by atoms with Gasteiger partial charge < -0.3 is 5.32 Å². The van der Waals surface area contributed by atoms with Crippen LogP contribution in [0.1, 0.15) is 10.6 Å². The molecule has 0 bridgehead atoms. The molecule has 0 aliphatic heterocycles. The topological polar surface area (TPSA) is 24.9 Å². The molecule has 1 N–H and O–H groups in total. The molecule has 16 heavy (non-hydrogen) atoms. The van der Waals surface area contributed by atoms with Gasteiger partial charge in [0.25, 0.3) is 0 Å². The van der Waals surface area contributed by atoms with Gasteiger partial charge in [0.2, 0.25) is 0 Å². The summed E-state index contributed by atoms with van der Waals surface area (Å²) in [5.41, 5.74) is 3.86. The molecule has 0 atom stereocenters. The number of anilines is 1. The number of hydrogen-bond donors (Lipinski definition) is 1. The van der Waals surface area contributed by atoms with E-state index >= 15 is 0 Å². The van der Waals surface area contributed by atoms with Crippen LogP contribution in [0.4, 0.5) is 5.69 Å². The molecule has 1 aromatic heterocycles. The lowest BCUT2D eigenvalue weighted by atomic mass is 10.3. The predicted octanol–water partition coefficient (Wildman–Crippen LogP) is 4.48. The van der Waals surface area contributed by atoms with Crippen LogP contribution in [-0.2, 0) is 6.54 Å². The summed E-state index contributed by atoms with van der Waals surface area (Å²) in [6.45, 7) is 2.77. The summed E-state index contributed by atoms with van der Waals surface area (Å²) >= 11 is 11.2. The zero-order chi connectivity index (χ0) is 11.5. The van der Waals surface area contributed by atoms with Crippen molar-refractivity contribution in [2.45, 2.75) is 13.5 Å². The van der Waals surface area contributed by atoms with E-state index in [0.717, 1.165) is 27.4 Å². The highest BCUT2D eigenvalue weighted by Gasteiger charge is 2.04. The Morgan fingerprint density at radius 1 is 1.50 bits per heavy atom. The maximum absolute atomic E-state index is 6.08. The van der Waals surface area contributed by atoms with Crippen molar-refractivity contribution >= 4 is 44.6 Å². The number of thiazole rings is 1. The quantitative estimate of drug-likeness (QED) is 0.903. The maximum Gasteiger partial charge on any atom is 0.0798 e. The molecule has 0 saturated heterocycles. The van der Waals surface area contributed by atoms with Crippen molar-refractivity contribution in [1.29, 1.82) is 0 Å². The van der Waals surface area contributed by atoms with Gasteiger partial charge in [-0.25, -0.2) is 4.98 Å². The SMILES string of the molecule is Cc1ncsc1CNc1cc(Br)ccc1Cl. The van der Waals surface area contributed by atoms with Crippen LogP contribution in [-0.4, -0.2) is 4.98 Å².